The van der Waals surface area contributed by atoms with Gasteiger partial charge in [0.2, 0.25) is 0 Å². The molecule has 68 valence electrons. The summed E-state index contributed by atoms with van der Waals surface area (Å²) < 4.78 is 0. The molecule has 0 N–H and O–H groups in total. The topological polar surface area (TPSA) is 23.6 Å². The normalized spacial score (nSPS) is 27.0. The van der Waals surface area contributed by atoms with Gasteiger partial charge in [0.25, 0.3) is 0 Å². The molecule has 0 spiro atoms. The summed E-state index contributed by atoms with van der Waals surface area (Å²) in [6, 6.07) is 0.0150. The van der Waals surface area contributed by atoms with Crippen LogP contribution < -0.4 is 0 Å². The predicted molar refractivity (Wildman–Crippen MR) is 49.1 cm³/mol. The van der Waals surface area contributed by atoms with Gasteiger partial charge >= 0.3 is 0 Å². The Morgan fingerprint density at radius 3 is 2.75 bits per heavy atom. The van der Waals surface area contributed by atoms with Gasteiger partial charge in [-0.2, -0.15) is 0 Å². The van der Waals surface area contributed by atoms with Crippen LogP contribution >= 0.6 is 0 Å². The molecule has 12 heavy (non-hydrogen) atoms. The first-order chi connectivity index (χ1) is 5.65. The molecule has 1 atom stereocenters. The van der Waals surface area contributed by atoms with Gasteiger partial charge in [-0.25, -0.2) is 0 Å². The van der Waals surface area contributed by atoms with Crippen LogP contribution in [0.15, 0.2) is 12.7 Å². The lowest BCUT2D eigenvalue weighted by Crippen LogP contribution is -2.53. The lowest BCUT2D eigenvalue weighted by molar-refractivity contribution is -0.120. The van der Waals surface area contributed by atoms with Gasteiger partial charge in [0, 0.05) is 19.6 Å². The lowest BCUT2D eigenvalue weighted by Gasteiger charge is -2.36. The quantitative estimate of drug-likeness (QED) is 0.542. The number of ketones is 1. The summed E-state index contributed by atoms with van der Waals surface area (Å²) in [6.45, 7) is 6.32. The fourth-order valence-electron chi connectivity index (χ4n) is 1.45. The van der Waals surface area contributed by atoms with Crippen molar-refractivity contribution in [2.24, 2.45) is 0 Å². The average molecular weight is 168 g/mol. The van der Waals surface area contributed by atoms with Crippen molar-refractivity contribution < 1.29 is 4.79 Å². The lowest BCUT2D eigenvalue weighted by atomic mass is 10.1. The van der Waals surface area contributed by atoms with Crippen molar-refractivity contribution in [2.45, 2.75) is 6.04 Å². The Hall–Kier alpha value is -0.670. The second kappa shape index (κ2) is 3.83. The van der Waals surface area contributed by atoms with Crippen LogP contribution in [0.4, 0.5) is 0 Å². The number of likely N-dealkylation sites (N-methyl/N-ethyl adjacent to an activating group) is 2. The standard InChI is InChI=1S/C9H16N2O/c1-4-9(12)8-7-10(2)5-6-11(8)3/h4,8H,1,5-7H2,2-3H3. The molecule has 1 aliphatic heterocycles. The number of piperazine rings is 1. The molecule has 0 aromatic rings. The van der Waals surface area contributed by atoms with Gasteiger partial charge in [0.05, 0.1) is 6.04 Å². The highest BCUT2D eigenvalue weighted by molar-refractivity contribution is 5.94. The molecule has 0 aromatic heterocycles. The van der Waals surface area contributed by atoms with Gasteiger partial charge in [-0.05, 0) is 20.2 Å². The van der Waals surface area contributed by atoms with Crippen LogP contribution in [-0.2, 0) is 4.79 Å². The summed E-state index contributed by atoms with van der Waals surface area (Å²) >= 11 is 0. The van der Waals surface area contributed by atoms with Crippen LogP contribution in [0.2, 0.25) is 0 Å². The third kappa shape index (κ3) is 1.93. The number of carbonyl (C=O) groups is 1. The van der Waals surface area contributed by atoms with Crippen LogP contribution in [0.3, 0.4) is 0 Å². The number of rotatable bonds is 2. The number of carbonyl (C=O) groups excluding carboxylic acids is 1. The Labute approximate surface area is 73.6 Å². The average Bonchev–Trinajstić information content (AvgIpc) is 2.08. The van der Waals surface area contributed by atoms with E-state index in [4.69, 9.17) is 0 Å². The molecule has 3 heteroatoms. The van der Waals surface area contributed by atoms with Gasteiger partial charge in [0.1, 0.15) is 0 Å². The van der Waals surface area contributed by atoms with Crippen LogP contribution in [-0.4, -0.2) is 55.4 Å². The van der Waals surface area contributed by atoms with Gasteiger partial charge in [-0.3, -0.25) is 9.69 Å². The van der Waals surface area contributed by atoms with E-state index in [0.717, 1.165) is 19.6 Å². The predicted octanol–water partition coefficient (Wildman–Crippen LogP) is -0.0127. The molecule has 1 heterocycles. The minimum atomic E-state index is 0.0150. The van der Waals surface area contributed by atoms with Gasteiger partial charge in [-0.15, -0.1) is 0 Å². The monoisotopic (exact) mass is 168 g/mol. The Morgan fingerprint density at radius 2 is 2.17 bits per heavy atom. The second-order valence-corrected chi connectivity index (χ2v) is 3.37. The molecule has 0 saturated carbocycles. The van der Waals surface area contributed by atoms with Crippen LogP contribution in [0.1, 0.15) is 0 Å². The summed E-state index contributed by atoms with van der Waals surface area (Å²) in [7, 11) is 4.02. The molecule has 1 saturated heterocycles. The maximum absolute atomic E-state index is 11.3. The Morgan fingerprint density at radius 1 is 1.50 bits per heavy atom. The zero-order chi connectivity index (χ0) is 9.14. The molecular formula is C9H16N2O. The molecule has 0 aromatic carbocycles. The summed E-state index contributed by atoms with van der Waals surface area (Å²) in [6.07, 6.45) is 1.42. The Bertz CT molecular complexity index is 191. The summed E-state index contributed by atoms with van der Waals surface area (Å²) in [4.78, 5) is 15.6. The van der Waals surface area contributed by atoms with Crippen molar-refractivity contribution in [3.63, 3.8) is 0 Å². The smallest absolute Gasteiger partial charge is 0.173 e. The maximum atomic E-state index is 11.3. The first kappa shape index (κ1) is 9.42. The van der Waals surface area contributed by atoms with E-state index in [0.29, 0.717) is 0 Å². The fraction of sp³-hybridized carbons (Fsp3) is 0.667. The number of hydrogen-bond donors (Lipinski definition) is 0. The van der Waals surface area contributed by atoms with Crippen molar-refractivity contribution in [3.8, 4) is 0 Å². The summed E-state index contributed by atoms with van der Waals surface area (Å²) in [5.74, 6) is 0.129. The maximum Gasteiger partial charge on any atom is 0.173 e. The fourth-order valence-corrected chi connectivity index (χ4v) is 1.45. The first-order valence-electron chi connectivity index (χ1n) is 4.20. The van der Waals surface area contributed by atoms with E-state index >= 15 is 0 Å². The highest BCUT2D eigenvalue weighted by Gasteiger charge is 2.26. The summed E-state index contributed by atoms with van der Waals surface area (Å²) in [5.41, 5.74) is 0. The van der Waals surface area contributed by atoms with E-state index in [1.807, 2.05) is 14.1 Å². The van der Waals surface area contributed by atoms with Crippen LogP contribution in [0.5, 0.6) is 0 Å². The van der Waals surface area contributed by atoms with Crippen molar-refractivity contribution >= 4 is 5.78 Å². The van der Waals surface area contributed by atoms with Crippen molar-refractivity contribution in [1.82, 2.24) is 9.80 Å². The van der Waals surface area contributed by atoms with E-state index in [-0.39, 0.29) is 11.8 Å². The Balaban J connectivity index is 2.60. The zero-order valence-electron chi connectivity index (χ0n) is 7.79. The molecular weight excluding hydrogens is 152 g/mol. The first-order valence-corrected chi connectivity index (χ1v) is 4.20. The molecule has 1 unspecified atom stereocenters. The zero-order valence-corrected chi connectivity index (χ0v) is 7.79. The van der Waals surface area contributed by atoms with E-state index in [2.05, 4.69) is 16.4 Å². The molecule has 0 bridgehead atoms. The SMILES string of the molecule is C=CC(=O)C1CN(C)CCN1C. The van der Waals surface area contributed by atoms with E-state index in [9.17, 15) is 4.79 Å². The van der Waals surface area contributed by atoms with E-state index in [1.165, 1.54) is 6.08 Å². The highest BCUT2D eigenvalue weighted by atomic mass is 16.1. The third-order valence-electron chi connectivity index (χ3n) is 2.38. The molecule has 0 aliphatic carbocycles. The highest BCUT2D eigenvalue weighted by Crippen LogP contribution is 2.06. The van der Waals surface area contributed by atoms with Gasteiger partial charge in [-0.1, -0.05) is 6.58 Å². The minimum absolute atomic E-state index is 0.0150. The van der Waals surface area contributed by atoms with Crippen LogP contribution in [0, 0.1) is 0 Å². The number of nitrogens with zero attached hydrogens (tertiary/aromatic N) is 2. The van der Waals surface area contributed by atoms with Crippen LogP contribution in [0.25, 0.3) is 0 Å². The molecule has 1 rings (SSSR count). The molecule has 1 aliphatic rings. The van der Waals surface area contributed by atoms with Crippen molar-refractivity contribution in [3.05, 3.63) is 12.7 Å². The largest absolute Gasteiger partial charge is 0.303 e. The summed E-state index contributed by atoms with van der Waals surface area (Å²) in [5, 5.41) is 0. The van der Waals surface area contributed by atoms with Crippen molar-refractivity contribution in [2.75, 3.05) is 33.7 Å². The molecule has 3 nitrogen and oxygen atoms in total. The number of hydrogen-bond acceptors (Lipinski definition) is 3. The van der Waals surface area contributed by atoms with Gasteiger partial charge < -0.3 is 4.90 Å². The third-order valence-corrected chi connectivity index (χ3v) is 2.38. The Kier molecular flexibility index (Phi) is 3.00. The minimum Gasteiger partial charge on any atom is -0.303 e. The van der Waals surface area contributed by atoms with E-state index < -0.39 is 0 Å². The van der Waals surface area contributed by atoms with Crippen molar-refractivity contribution in [1.29, 1.82) is 0 Å². The van der Waals surface area contributed by atoms with E-state index in [1.54, 1.807) is 0 Å². The second-order valence-electron chi connectivity index (χ2n) is 3.37. The van der Waals surface area contributed by atoms with Gasteiger partial charge in [0.15, 0.2) is 5.78 Å². The molecule has 0 radical (unpaired) electrons. The molecule has 1 fully saturated rings. The molecule has 0 amide bonds.